The first-order valence-corrected chi connectivity index (χ1v) is 10.6. The second-order valence-corrected chi connectivity index (χ2v) is 8.17. The lowest BCUT2D eigenvalue weighted by atomic mass is 9.99. The van der Waals surface area contributed by atoms with Crippen LogP contribution < -0.4 is 0 Å². The zero-order valence-corrected chi connectivity index (χ0v) is 17.0. The summed E-state index contributed by atoms with van der Waals surface area (Å²) in [4.78, 5) is 4.84. The van der Waals surface area contributed by atoms with Gasteiger partial charge in [-0.25, -0.2) is 22.8 Å². The number of rotatable bonds is 4. The second kappa shape index (κ2) is 7.19. The Hall–Kier alpha value is -3.67. The van der Waals surface area contributed by atoms with Crippen molar-refractivity contribution in [2.75, 3.05) is 0 Å². The van der Waals surface area contributed by atoms with E-state index in [-0.39, 0.29) is 17.3 Å². The van der Waals surface area contributed by atoms with Gasteiger partial charge in [-0.1, -0.05) is 42.5 Å². The molecule has 3 aromatic carbocycles. The lowest BCUT2D eigenvalue weighted by Gasteiger charge is -2.11. The Morgan fingerprint density at radius 3 is 2.41 bits per heavy atom. The molecule has 2 heterocycles. The molecule has 1 aliphatic carbocycles. The minimum absolute atomic E-state index is 0.0619. The molecule has 6 heteroatoms. The number of benzene rings is 3. The molecule has 1 saturated carbocycles. The molecule has 0 spiro atoms. The highest BCUT2D eigenvalue weighted by molar-refractivity contribution is 5.97. The van der Waals surface area contributed by atoms with Gasteiger partial charge in [-0.3, -0.25) is 0 Å². The molecule has 2 aromatic heterocycles. The molecule has 32 heavy (non-hydrogen) atoms. The van der Waals surface area contributed by atoms with Gasteiger partial charge in [-0.05, 0) is 53.9 Å². The van der Waals surface area contributed by atoms with E-state index in [0.717, 1.165) is 29.2 Å². The fraction of sp³-hybridized carbons (Fsp3) is 0.154. The third-order valence-electron chi connectivity index (χ3n) is 6.03. The largest absolute Gasteiger partial charge is 0.264 e. The van der Waals surface area contributed by atoms with Gasteiger partial charge >= 0.3 is 0 Å². The number of aromatic nitrogens is 3. The van der Waals surface area contributed by atoms with Crippen molar-refractivity contribution in [2.45, 2.75) is 25.2 Å². The maximum Gasteiger partial charge on any atom is 0.264 e. The van der Waals surface area contributed by atoms with Gasteiger partial charge in [0, 0.05) is 17.0 Å². The lowest BCUT2D eigenvalue weighted by molar-refractivity contribution is 0.153. The molecule has 158 valence electrons. The van der Waals surface area contributed by atoms with Crippen molar-refractivity contribution in [1.82, 2.24) is 14.8 Å². The molecule has 6 rings (SSSR count). The van der Waals surface area contributed by atoms with Gasteiger partial charge in [0.15, 0.2) is 5.65 Å². The van der Waals surface area contributed by atoms with Crippen molar-refractivity contribution < 1.29 is 13.2 Å². The zero-order chi connectivity index (χ0) is 21.8. The number of alkyl halides is 2. The molecule has 0 bridgehead atoms. The topological polar surface area (TPSA) is 30.7 Å². The maximum atomic E-state index is 14.3. The Kier molecular flexibility index (Phi) is 4.28. The first kappa shape index (κ1) is 19.0. The van der Waals surface area contributed by atoms with Crippen LogP contribution in [0.25, 0.3) is 38.8 Å². The first-order valence-electron chi connectivity index (χ1n) is 10.6. The Balaban J connectivity index is 1.68. The Morgan fingerprint density at radius 2 is 1.66 bits per heavy atom. The van der Waals surface area contributed by atoms with E-state index in [1.165, 1.54) is 18.2 Å². The maximum absolute atomic E-state index is 14.3. The van der Waals surface area contributed by atoms with E-state index in [1.54, 1.807) is 16.8 Å². The Labute approximate surface area is 182 Å². The van der Waals surface area contributed by atoms with E-state index in [1.807, 2.05) is 42.5 Å². The highest BCUT2D eigenvalue weighted by Gasteiger charge is 2.33. The number of halogens is 3. The normalized spacial score (nSPS) is 14.0. The van der Waals surface area contributed by atoms with Crippen LogP contribution in [-0.2, 0) is 0 Å². The van der Waals surface area contributed by atoms with Crippen molar-refractivity contribution in [2.24, 2.45) is 0 Å². The van der Waals surface area contributed by atoms with Gasteiger partial charge in [-0.2, -0.15) is 5.10 Å². The van der Waals surface area contributed by atoms with E-state index in [0.29, 0.717) is 28.1 Å². The third kappa shape index (κ3) is 3.06. The van der Waals surface area contributed by atoms with Crippen molar-refractivity contribution in [1.29, 1.82) is 0 Å². The summed E-state index contributed by atoms with van der Waals surface area (Å²) in [5.41, 5.74) is 2.80. The molecule has 0 unspecified atom stereocenters. The average Bonchev–Trinajstić information content (AvgIpc) is 3.59. The van der Waals surface area contributed by atoms with Crippen molar-refractivity contribution >= 4 is 21.8 Å². The van der Waals surface area contributed by atoms with Crippen LogP contribution in [-0.4, -0.2) is 14.8 Å². The monoisotopic (exact) mass is 429 g/mol. The van der Waals surface area contributed by atoms with Crippen LogP contribution in [0.2, 0.25) is 0 Å². The number of hydrogen-bond donors (Lipinski definition) is 0. The number of pyridine rings is 1. The van der Waals surface area contributed by atoms with Crippen LogP contribution in [0, 0.1) is 5.82 Å². The number of hydrogen-bond acceptors (Lipinski definition) is 2. The van der Waals surface area contributed by atoms with E-state index in [2.05, 4.69) is 5.10 Å². The molecular weight excluding hydrogens is 411 g/mol. The molecule has 0 saturated heterocycles. The van der Waals surface area contributed by atoms with E-state index in [9.17, 15) is 13.2 Å². The minimum atomic E-state index is -2.67. The fourth-order valence-corrected chi connectivity index (χ4v) is 4.34. The molecule has 5 aromatic rings. The standard InChI is InChI=1S/C26H18F3N3/c27-17-10-12-18(13-11-17)32-26-23(24(31-32)16-8-9-16)21(25(28)29)14-22(30-26)20-7-3-5-15-4-1-2-6-19(15)20/h1-7,10-14,16,25H,8-9H2. The van der Waals surface area contributed by atoms with Crippen molar-refractivity contribution in [3.05, 3.63) is 89.9 Å². The summed E-state index contributed by atoms with van der Waals surface area (Å²) >= 11 is 0. The molecular formula is C26H18F3N3. The zero-order valence-electron chi connectivity index (χ0n) is 17.0. The predicted octanol–water partition coefficient (Wildman–Crippen LogP) is 7.19. The van der Waals surface area contributed by atoms with Gasteiger partial charge in [0.05, 0.1) is 22.5 Å². The quantitative estimate of drug-likeness (QED) is 0.303. The molecule has 0 radical (unpaired) electrons. The van der Waals surface area contributed by atoms with Crippen LogP contribution >= 0.6 is 0 Å². The number of fused-ring (bicyclic) bond motifs is 2. The summed E-state index contributed by atoms with van der Waals surface area (Å²) in [5.74, 6) is -0.216. The highest BCUT2D eigenvalue weighted by Crippen LogP contribution is 2.45. The molecule has 3 nitrogen and oxygen atoms in total. The number of nitrogens with zero attached hydrogens (tertiary/aromatic N) is 3. The van der Waals surface area contributed by atoms with E-state index >= 15 is 0 Å². The van der Waals surface area contributed by atoms with Gasteiger partial charge < -0.3 is 0 Å². The summed E-state index contributed by atoms with van der Waals surface area (Å²) in [6.45, 7) is 0. The lowest BCUT2D eigenvalue weighted by Crippen LogP contribution is -2.00. The average molecular weight is 429 g/mol. The first-order chi connectivity index (χ1) is 15.6. The molecule has 1 aliphatic rings. The summed E-state index contributed by atoms with van der Waals surface area (Å²) in [7, 11) is 0. The SMILES string of the molecule is Fc1ccc(-n2nc(C3CC3)c3c(C(F)F)cc(-c4cccc5ccccc45)nc32)cc1. The summed E-state index contributed by atoms with van der Waals surface area (Å²) in [5, 5.41) is 7.05. The van der Waals surface area contributed by atoms with Gasteiger partial charge in [0.25, 0.3) is 6.43 Å². The molecule has 0 atom stereocenters. The van der Waals surface area contributed by atoms with Gasteiger partial charge in [0.1, 0.15) is 5.82 Å². The molecule has 1 fully saturated rings. The van der Waals surface area contributed by atoms with Crippen LogP contribution in [0.1, 0.15) is 36.4 Å². The van der Waals surface area contributed by atoms with Crippen LogP contribution in [0.4, 0.5) is 13.2 Å². The van der Waals surface area contributed by atoms with Crippen LogP contribution in [0.3, 0.4) is 0 Å². The smallest absolute Gasteiger partial charge is 0.228 e. The molecule has 0 amide bonds. The minimum Gasteiger partial charge on any atom is -0.228 e. The van der Waals surface area contributed by atoms with E-state index in [4.69, 9.17) is 4.98 Å². The Morgan fingerprint density at radius 1 is 0.906 bits per heavy atom. The highest BCUT2D eigenvalue weighted by atomic mass is 19.3. The van der Waals surface area contributed by atoms with Crippen LogP contribution in [0.15, 0.2) is 72.8 Å². The fourth-order valence-electron chi connectivity index (χ4n) is 4.34. The van der Waals surface area contributed by atoms with Gasteiger partial charge in [0.2, 0.25) is 0 Å². The summed E-state index contributed by atoms with van der Waals surface area (Å²) in [6, 6.07) is 20.9. The van der Waals surface area contributed by atoms with Crippen LogP contribution in [0.5, 0.6) is 0 Å². The van der Waals surface area contributed by atoms with E-state index < -0.39 is 6.43 Å². The summed E-state index contributed by atoms with van der Waals surface area (Å²) in [6.07, 6.45) is -0.829. The van der Waals surface area contributed by atoms with Gasteiger partial charge in [-0.15, -0.1) is 0 Å². The third-order valence-corrected chi connectivity index (χ3v) is 6.03. The predicted molar refractivity (Wildman–Crippen MR) is 119 cm³/mol. The molecule has 0 aliphatic heterocycles. The van der Waals surface area contributed by atoms with Crippen molar-refractivity contribution in [3.8, 4) is 16.9 Å². The summed E-state index contributed by atoms with van der Waals surface area (Å²) < 4.78 is 43.7. The second-order valence-electron chi connectivity index (χ2n) is 8.17. The van der Waals surface area contributed by atoms with Crippen molar-refractivity contribution in [3.63, 3.8) is 0 Å². The molecule has 0 N–H and O–H groups in total. The Bertz CT molecular complexity index is 1460.